The lowest BCUT2D eigenvalue weighted by Gasteiger charge is -2.09. The Morgan fingerprint density at radius 2 is 1.39 bits per heavy atom. The number of aryl methyl sites for hydroxylation is 1. The fraction of sp³-hybridized carbons (Fsp3) is 0.448. The molecule has 0 aliphatic heterocycles. The van der Waals surface area contributed by atoms with Crippen LogP contribution in [0.15, 0.2) is 54.9 Å². The third kappa shape index (κ3) is 7.96. The lowest BCUT2D eigenvalue weighted by Crippen LogP contribution is -1.99. The van der Waals surface area contributed by atoms with E-state index >= 15 is 0 Å². The van der Waals surface area contributed by atoms with Crippen LogP contribution in [0, 0.1) is 5.82 Å². The molecule has 0 atom stereocenters. The molecular weight excluding hydrogens is 411 g/mol. The Kier molecular flexibility index (Phi) is 10.3. The minimum Gasteiger partial charge on any atom is -0.493 e. The summed E-state index contributed by atoms with van der Waals surface area (Å²) in [5.41, 5.74) is 3.74. The molecule has 0 saturated heterocycles. The van der Waals surface area contributed by atoms with Crippen LogP contribution >= 0.6 is 0 Å². The summed E-state index contributed by atoms with van der Waals surface area (Å²) in [7, 11) is 0. The summed E-state index contributed by atoms with van der Waals surface area (Å²) in [5, 5.41) is 0. The van der Waals surface area contributed by atoms with Crippen molar-refractivity contribution in [1.82, 2.24) is 9.97 Å². The Hall–Kier alpha value is -2.75. The first-order valence-electron chi connectivity index (χ1n) is 12.5. The molecule has 3 aromatic rings. The predicted molar refractivity (Wildman–Crippen MR) is 135 cm³/mol. The number of aromatic nitrogens is 2. The Labute approximate surface area is 198 Å². The summed E-state index contributed by atoms with van der Waals surface area (Å²) in [5.74, 6) is 0.579. The summed E-state index contributed by atoms with van der Waals surface area (Å²) in [6, 6.07) is 13.5. The molecule has 0 radical (unpaired) electrons. The first-order chi connectivity index (χ1) is 16.2. The maximum atomic E-state index is 14.7. The minimum absolute atomic E-state index is 0.361. The van der Waals surface area contributed by atoms with Gasteiger partial charge in [0.15, 0.2) is 5.82 Å². The number of benzene rings is 2. The first-order valence-corrected chi connectivity index (χ1v) is 12.5. The number of nitrogens with zero attached hydrogens (tertiary/aromatic N) is 2. The van der Waals surface area contributed by atoms with Crippen molar-refractivity contribution >= 4 is 0 Å². The van der Waals surface area contributed by atoms with Gasteiger partial charge in [-0.1, -0.05) is 83.1 Å². The van der Waals surface area contributed by atoms with Crippen molar-refractivity contribution in [3.8, 4) is 28.3 Å². The highest BCUT2D eigenvalue weighted by molar-refractivity contribution is 5.64. The molecule has 0 bridgehead atoms. The highest BCUT2D eigenvalue weighted by Gasteiger charge is 2.10. The van der Waals surface area contributed by atoms with Crippen LogP contribution in [0.1, 0.15) is 77.2 Å². The number of hydrogen-bond donors (Lipinski definition) is 0. The van der Waals surface area contributed by atoms with Crippen molar-refractivity contribution in [3.63, 3.8) is 0 Å². The lowest BCUT2D eigenvalue weighted by atomic mass is 10.0. The van der Waals surface area contributed by atoms with Crippen molar-refractivity contribution in [2.75, 3.05) is 6.61 Å². The van der Waals surface area contributed by atoms with E-state index in [2.05, 4.69) is 48.1 Å². The molecule has 4 heteroatoms. The molecule has 0 saturated carbocycles. The van der Waals surface area contributed by atoms with Crippen LogP contribution in [0.25, 0.3) is 22.5 Å². The molecule has 176 valence electrons. The Bertz CT molecular complexity index is 954. The zero-order valence-electron chi connectivity index (χ0n) is 20.2. The van der Waals surface area contributed by atoms with E-state index in [1.807, 2.05) is 0 Å². The summed E-state index contributed by atoms with van der Waals surface area (Å²) < 4.78 is 20.4. The molecule has 0 spiro atoms. The van der Waals surface area contributed by atoms with Crippen LogP contribution in [-0.2, 0) is 6.42 Å². The molecule has 0 unspecified atom stereocenters. The topological polar surface area (TPSA) is 35.0 Å². The molecule has 0 fully saturated rings. The van der Waals surface area contributed by atoms with Crippen LogP contribution in [0.3, 0.4) is 0 Å². The lowest BCUT2D eigenvalue weighted by molar-refractivity contribution is 0.303. The summed E-state index contributed by atoms with van der Waals surface area (Å²) in [4.78, 5) is 8.84. The van der Waals surface area contributed by atoms with Gasteiger partial charge in [0.25, 0.3) is 0 Å². The van der Waals surface area contributed by atoms with Crippen molar-refractivity contribution in [2.45, 2.75) is 78.1 Å². The normalized spacial score (nSPS) is 11.0. The van der Waals surface area contributed by atoms with Crippen molar-refractivity contribution in [2.24, 2.45) is 0 Å². The van der Waals surface area contributed by atoms with Crippen LogP contribution < -0.4 is 4.74 Å². The molecule has 0 N–H and O–H groups in total. The summed E-state index contributed by atoms with van der Waals surface area (Å²) in [6.45, 7) is 5.06. The van der Waals surface area contributed by atoms with Crippen LogP contribution in [0.2, 0.25) is 0 Å². The van der Waals surface area contributed by atoms with E-state index in [1.165, 1.54) is 56.6 Å². The molecule has 33 heavy (non-hydrogen) atoms. The number of hydrogen-bond acceptors (Lipinski definition) is 3. The van der Waals surface area contributed by atoms with E-state index in [9.17, 15) is 4.39 Å². The molecule has 0 aliphatic carbocycles. The van der Waals surface area contributed by atoms with Gasteiger partial charge in [0.05, 0.1) is 12.2 Å². The van der Waals surface area contributed by atoms with Gasteiger partial charge in [-0.3, -0.25) is 0 Å². The number of rotatable bonds is 14. The highest BCUT2D eigenvalue weighted by Crippen LogP contribution is 2.26. The largest absolute Gasteiger partial charge is 0.493 e. The van der Waals surface area contributed by atoms with Crippen molar-refractivity contribution in [3.05, 3.63) is 66.2 Å². The van der Waals surface area contributed by atoms with Crippen molar-refractivity contribution < 1.29 is 9.13 Å². The standard InChI is InChI=1S/C29H37FN2O/c1-3-5-7-8-9-11-19-33-26-17-18-27(28(30)20-26)29-31-21-25(22-32-29)24-15-13-23(14-16-24)12-10-6-4-2/h13-18,20-22H,3-12,19H2,1-2H3. The smallest absolute Gasteiger partial charge is 0.162 e. The van der Waals surface area contributed by atoms with E-state index in [0.29, 0.717) is 23.7 Å². The third-order valence-corrected chi connectivity index (χ3v) is 5.96. The van der Waals surface area contributed by atoms with E-state index in [0.717, 1.165) is 30.4 Å². The average Bonchev–Trinajstić information content (AvgIpc) is 2.84. The molecule has 3 rings (SSSR count). The zero-order chi connectivity index (χ0) is 23.3. The van der Waals surface area contributed by atoms with Crippen LogP contribution in [0.4, 0.5) is 4.39 Å². The molecule has 0 aliphatic rings. The fourth-order valence-corrected chi connectivity index (χ4v) is 3.90. The predicted octanol–water partition coefficient (Wildman–Crippen LogP) is 8.42. The summed E-state index contributed by atoms with van der Waals surface area (Å²) in [6.07, 6.45) is 15.6. The molecule has 0 amide bonds. The molecule has 2 aromatic carbocycles. The Morgan fingerprint density at radius 3 is 2.09 bits per heavy atom. The van der Waals surface area contributed by atoms with Gasteiger partial charge in [-0.15, -0.1) is 0 Å². The number of unbranched alkanes of at least 4 members (excludes halogenated alkanes) is 7. The second kappa shape index (κ2) is 13.7. The molecule has 3 nitrogen and oxygen atoms in total. The molecular formula is C29H37FN2O. The minimum atomic E-state index is -0.361. The van der Waals surface area contributed by atoms with Gasteiger partial charge in [0.2, 0.25) is 0 Å². The zero-order valence-corrected chi connectivity index (χ0v) is 20.2. The second-order valence-electron chi connectivity index (χ2n) is 8.71. The van der Waals surface area contributed by atoms with Gasteiger partial charge < -0.3 is 4.74 Å². The van der Waals surface area contributed by atoms with E-state index < -0.39 is 0 Å². The van der Waals surface area contributed by atoms with Gasteiger partial charge in [-0.2, -0.15) is 0 Å². The monoisotopic (exact) mass is 448 g/mol. The van der Waals surface area contributed by atoms with E-state index in [-0.39, 0.29) is 5.82 Å². The van der Waals surface area contributed by atoms with Gasteiger partial charge in [-0.25, -0.2) is 14.4 Å². The second-order valence-corrected chi connectivity index (χ2v) is 8.71. The molecule has 1 aromatic heterocycles. The Balaban J connectivity index is 1.54. The Morgan fingerprint density at radius 1 is 0.727 bits per heavy atom. The molecule has 1 heterocycles. The SMILES string of the molecule is CCCCCCCCOc1ccc(-c2ncc(-c3ccc(CCCCC)cc3)cn2)c(F)c1. The third-order valence-electron chi connectivity index (χ3n) is 5.96. The van der Waals surface area contributed by atoms with Gasteiger partial charge in [-0.05, 0) is 42.5 Å². The van der Waals surface area contributed by atoms with Gasteiger partial charge >= 0.3 is 0 Å². The maximum absolute atomic E-state index is 14.7. The number of ether oxygens (including phenoxy) is 1. The maximum Gasteiger partial charge on any atom is 0.162 e. The average molecular weight is 449 g/mol. The quantitative estimate of drug-likeness (QED) is 0.232. The van der Waals surface area contributed by atoms with Gasteiger partial charge in [0, 0.05) is 24.0 Å². The fourth-order valence-electron chi connectivity index (χ4n) is 3.90. The van der Waals surface area contributed by atoms with E-state index in [1.54, 1.807) is 24.5 Å². The van der Waals surface area contributed by atoms with Crippen LogP contribution in [0.5, 0.6) is 5.75 Å². The van der Waals surface area contributed by atoms with E-state index in [4.69, 9.17) is 4.74 Å². The summed E-state index contributed by atoms with van der Waals surface area (Å²) >= 11 is 0. The van der Waals surface area contributed by atoms with Crippen molar-refractivity contribution in [1.29, 1.82) is 0 Å². The van der Waals surface area contributed by atoms with Gasteiger partial charge in [0.1, 0.15) is 11.6 Å². The first kappa shape index (κ1) is 24.9. The van der Waals surface area contributed by atoms with Crippen LogP contribution in [-0.4, -0.2) is 16.6 Å². The number of halogens is 1. The highest BCUT2D eigenvalue weighted by atomic mass is 19.1.